The first-order chi connectivity index (χ1) is 9.63. The van der Waals surface area contributed by atoms with Gasteiger partial charge in [-0.15, -0.1) is 0 Å². The third-order valence-corrected chi connectivity index (χ3v) is 3.15. The highest BCUT2D eigenvalue weighted by molar-refractivity contribution is 6.00. The van der Waals surface area contributed by atoms with Gasteiger partial charge in [-0.2, -0.15) is 0 Å². The van der Waals surface area contributed by atoms with E-state index in [-0.39, 0.29) is 5.91 Å². The SMILES string of the molecule is CCNC(=O)c1cc(N(C)c2ccccc2)ccc1N. The summed E-state index contributed by atoms with van der Waals surface area (Å²) in [5.41, 5.74) is 8.85. The maximum absolute atomic E-state index is 12.0. The maximum Gasteiger partial charge on any atom is 0.253 e. The Morgan fingerprint density at radius 2 is 1.85 bits per heavy atom. The summed E-state index contributed by atoms with van der Waals surface area (Å²) in [7, 11) is 1.96. The molecule has 0 unspecified atom stereocenters. The molecule has 0 aliphatic heterocycles. The van der Waals surface area contributed by atoms with Crippen LogP contribution < -0.4 is 16.0 Å². The number of nitrogens with zero attached hydrogens (tertiary/aromatic N) is 1. The van der Waals surface area contributed by atoms with Crippen LogP contribution in [0.5, 0.6) is 0 Å². The number of nitrogens with two attached hydrogens (primary N) is 1. The first kappa shape index (κ1) is 13.9. The highest BCUT2D eigenvalue weighted by Gasteiger charge is 2.12. The Kier molecular flexibility index (Phi) is 4.25. The molecule has 2 rings (SSSR count). The van der Waals surface area contributed by atoms with Crippen LogP contribution >= 0.6 is 0 Å². The second kappa shape index (κ2) is 6.10. The van der Waals surface area contributed by atoms with E-state index < -0.39 is 0 Å². The number of para-hydroxylation sites is 1. The predicted octanol–water partition coefficient (Wildman–Crippen LogP) is 2.79. The second-order valence-corrected chi connectivity index (χ2v) is 4.53. The van der Waals surface area contributed by atoms with Crippen molar-refractivity contribution in [3.05, 3.63) is 54.1 Å². The molecular formula is C16H19N3O. The molecule has 3 N–H and O–H groups in total. The molecule has 2 aromatic rings. The van der Waals surface area contributed by atoms with Crippen molar-refractivity contribution in [2.24, 2.45) is 0 Å². The Morgan fingerprint density at radius 1 is 1.15 bits per heavy atom. The molecule has 0 radical (unpaired) electrons. The minimum atomic E-state index is -0.145. The molecule has 0 saturated carbocycles. The van der Waals surface area contributed by atoms with Gasteiger partial charge in [0.2, 0.25) is 0 Å². The Balaban J connectivity index is 2.34. The molecule has 0 bridgehead atoms. The standard InChI is InChI=1S/C16H19N3O/c1-3-18-16(20)14-11-13(9-10-15(14)17)19(2)12-7-5-4-6-8-12/h4-11H,3,17H2,1-2H3,(H,18,20). The first-order valence-electron chi connectivity index (χ1n) is 6.60. The zero-order valence-corrected chi connectivity index (χ0v) is 11.8. The van der Waals surface area contributed by atoms with Crippen molar-refractivity contribution >= 4 is 23.0 Å². The number of carbonyl (C=O) groups excluding carboxylic acids is 1. The Bertz CT molecular complexity index is 596. The predicted molar refractivity (Wildman–Crippen MR) is 83.4 cm³/mol. The van der Waals surface area contributed by atoms with E-state index in [0.29, 0.717) is 17.8 Å². The zero-order chi connectivity index (χ0) is 14.5. The lowest BCUT2D eigenvalue weighted by atomic mass is 10.1. The molecule has 20 heavy (non-hydrogen) atoms. The molecule has 0 spiro atoms. The number of hydrogen-bond donors (Lipinski definition) is 2. The third-order valence-electron chi connectivity index (χ3n) is 3.15. The van der Waals surface area contributed by atoms with E-state index in [9.17, 15) is 4.79 Å². The summed E-state index contributed by atoms with van der Waals surface area (Å²) in [6.07, 6.45) is 0. The largest absolute Gasteiger partial charge is 0.398 e. The zero-order valence-electron chi connectivity index (χ0n) is 11.8. The number of rotatable bonds is 4. The first-order valence-corrected chi connectivity index (χ1v) is 6.60. The summed E-state index contributed by atoms with van der Waals surface area (Å²) in [4.78, 5) is 14.0. The minimum absolute atomic E-state index is 0.145. The van der Waals surface area contributed by atoms with E-state index in [1.165, 1.54) is 0 Å². The molecule has 0 aliphatic carbocycles. The number of carbonyl (C=O) groups is 1. The monoisotopic (exact) mass is 269 g/mol. The fourth-order valence-corrected chi connectivity index (χ4v) is 2.01. The molecule has 0 atom stereocenters. The van der Waals surface area contributed by atoms with Crippen molar-refractivity contribution < 1.29 is 4.79 Å². The van der Waals surface area contributed by atoms with Crippen molar-refractivity contribution in [2.45, 2.75) is 6.92 Å². The molecular weight excluding hydrogens is 250 g/mol. The van der Waals surface area contributed by atoms with E-state index in [4.69, 9.17) is 5.73 Å². The fraction of sp³-hybridized carbons (Fsp3) is 0.188. The van der Waals surface area contributed by atoms with E-state index in [1.807, 2.05) is 61.3 Å². The van der Waals surface area contributed by atoms with Crippen molar-refractivity contribution in [3.8, 4) is 0 Å². The highest BCUT2D eigenvalue weighted by atomic mass is 16.1. The van der Waals surface area contributed by atoms with Gasteiger partial charge >= 0.3 is 0 Å². The topological polar surface area (TPSA) is 58.4 Å². The summed E-state index contributed by atoms with van der Waals surface area (Å²) < 4.78 is 0. The van der Waals surface area contributed by atoms with Crippen LogP contribution in [0.2, 0.25) is 0 Å². The van der Waals surface area contributed by atoms with Crippen molar-refractivity contribution in [1.29, 1.82) is 0 Å². The number of anilines is 3. The smallest absolute Gasteiger partial charge is 0.253 e. The lowest BCUT2D eigenvalue weighted by Gasteiger charge is -2.20. The van der Waals surface area contributed by atoms with Gasteiger partial charge in [0.25, 0.3) is 5.91 Å². The van der Waals surface area contributed by atoms with Crippen molar-refractivity contribution in [3.63, 3.8) is 0 Å². The van der Waals surface area contributed by atoms with Gasteiger partial charge in [-0.1, -0.05) is 18.2 Å². The van der Waals surface area contributed by atoms with Crippen LogP contribution in [0, 0.1) is 0 Å². The van der Waals surface area contributed by atoms with Crippen LogP contribution in [-0.2, 0) is 0 Å². The van der Waals surface area contributed by atoms with E-state index >= 15 is 0 Å². The quantitative estimate of drug-likeness (QED) is 0.839. The molecule has 0 heterocycles. The van der Waals surface area contributed by atoms with Gasteiger partial charge < -0.3 is 16.0 Å². The van der Waals surface area contributed by atoms with Crippen LogP contribution in [0.4, 0.5) is 17.1 Å². The maximum atomic E-state index is 12.0. The molecule has 0 saturated heterocycles. The minimum Gasteiger partial charge on any atom is -0.398 e. The van der Waals surface area contributed by atoms with Gasteiger partial charge in [-0.25, -0.2) is 0 Å². The van der Waals surface area contributed by atoms with Crippen LogP contribution in [-0.4, -0.2) is 19.5 Å². The van der Waals surface area contributed by atoms with Gasteiger partial charge in [0.05, 0.1) is 5.56 Å². The fourth-order valence-electron chi connectivity index (χ4n) is 2.01. The number of benzene rings is 2. The molecule has 2 aromatic carbocycles. The lowest BCUT2D eigenvalue weighted by molar-refractivity contribution is 0.0957. The van der Waals surface area contributed by atoms with Gasteiger partial charge in [-0.05, 0) is 37.3 Å². The van der Waals surface area contributed by atoms with Crippen LogP contribution in [0.15, 0.2) is 48.5 Å². The van der Waals surface area contributed by atoms with Crippen molar-refractivity contribution in [2.75, 3.05) is 24.2 Å². The number of hydrogen-bond acceptors (Lipinski definition) is 3. The summed E-state index contributed by atoms with van der Waals surface area (Å²) in [6, 6.07) is 15.4. The molecule has 104 valence electrons. The van der Waals surface area contributed by atoms with Gasteiger partial charge in [0.1, 0.15) is 0 Å². The molecule has 4 nitrogen and oxygen atoms in total. The van der Waals surface area contributed by atoms with E-state index in [2.05, 4.69) is 5.32 Å². The van der Waals surface area contributed by atoms with Gasteiger partial charge in [0.15, 0.2) is 0 Å². The molecule has 0 aromatic heterocycles. The molecule has 0 fully saturated rings. The number of nitrogens with one attached hydrogen (secondary N) is 1. The summed E-state index contributed by atoms with van der Waals surface area (Å²) in [6.45, 7) is 2.46. The van der Waals surface area contributed by atoms with Gasteiger partial charge in [0, 0.05) is 30.7 Å². The lowest BCUT2D eigenvalue weighted by Crippen LogP contribution is -2.24. The summed E-state index contributed by atoms with van der Waals surface area (Å²) in [5, 5.41) is 2.77. The van der Waals surface area contributed by atoms with Crippen LogP contribution in [0.3, 0.4) is 0 Å². The molecule has 1 amide bonds. The van der Waals surface area contributed by atoms with Crippen molar-refractivity contribution in [1.82, 2.24) is 5.32 Å². The summed E-state index contributed by atoms with van der Waals surface area (Å²) >= 11 is 0. The number of nitrogen functional groups attached to an aromatic ring is 1. The van der Waals surface area contributed by atoms with E-state index in [1.54, 1.807) is 6.07 Å². The van der Waals surface area contributed by atoms with Gasteiger partial charge in [-0.3, -0.25) is 4.79 Å². The molecule has 0 aliphatic rings. The van der Waals surface area contributed by atoms with E-state index in [0.717, 1.165) is 11.4 Å². The van der Waals surface area contributed by atoms with Crippen LogP contribution in [0.25, 0.3) is 0 Å². The highest BCUT2D eigenvalue weighted by Crippen LogP contribution is 2.26. The Labute approximate surface area is 119 Å². The Hall–Kier alpha value is -2.49. The second-order valence-electron chi connectivity index (χ2n) is 4.53. The third kappa shape index (κ3) is 2.91. The Morgan fingerprint density at radius 3 is 2.50 bits per heavy atom. The molecule has 4 heteroatoms. The average Bonchev–Trinajstić information content (AvgIpc) is 2.48. The van der Waals surface area contributed by atoms with Crippen LogP contribution in [0.1, 0.15) is 17.3 Å². The average molecular weight is 269 g/mol. The normalized spacial score (nSPS) is 10.1. The number of amides is 1. The summed E-state index contributed by atoms with van der Waals surface area (Å²) in [5.74, 6) is -0.145.